The SMILES string of the molecule is COC(=O)C1CC(O)CN1C(=O)CNC=O. The van der Waals surface area contributed by atoms with Crippen LogP contribution >= 0.6 is 0 Å². The molecule has 1 fully saturated rings. The topological polar surface area (TPSA) is 95.9 Å². The van der Waals surface area contributed by atoms with E-state index < -0.39 is 24.0 Å². The van der Waals surface area contributed by atoms with Gasteiger partial charge in [0.25, 0.3) is 0 Å². The first-order valence-electron chi connectivity index (χ1n) is 4.82. The molecule has 7 heteroatoms. The van der Waals surface area contributed by atoms with Gasteiger partial charge in [0.05, 0.1) is 19.8 Å². The minimum atomic E-state index is -0.763. The summed E-state index contributed by atoms with van der Waals surface area (Å²) >= 11 is 0. The quantitative estimate of drug-likeness (QED) is 0.425. The van der Waals surface area contributed by atoms with Crippen LogP contribution in [0.15, 0.2) is 0 Å². The summed E-state index contributed by atoms with van der Waals surface area (Å²) in [6.07, 6.45) is -0.166. The van der Waals surface area contributed by atoms with E-state index in [4.69, 9.17) is 0 Å². The summed E-state index contributed by atoms with van der Waals surface area (Å²) in [5.74, 6) is -0.977. The van der Waals surface area contributed by atoms with Gasteiger partial charge in [-0.25, -0.2) is 4.79 Å². The van der Waals surface area contributed by atoms with Crippen molar-refractivity contribution >= 4 is 18.3 Å². The van der Waals surface area contributed by atoms with E-state index in [-0.39, 0.29) is 19.5 Å². The molecule has 2 unspecified atom stereocenters. The second kappa shape index (κ2) is 5.45. The molecule has 0 bridgehead atoms. The van der Waals surface area contributed by atoms with Crippen molar-refractivity contribution in [1.82, 2.24) is 10.2 Å². The van der Waals surface area contributed by atoms with Gasteiger partial charge in [0.15, 0.2) is 0 Å². The summed E-state index contributed by atoms with van der Waals surface area (Å²) < 4.78 is 4.53. The molecule has 7 nitrogen and oxygen atoms in total. The molecule has 1 rings (SSSR count). The van der Waals surface area contributed by atoms with E-state index in [0.29, 0.717) is 6.41 Å². The van der Waals surface area contributed by atoms with Gasteiger partial charge in [-0.05, 0) is 0 Å². The van der Waals surface area contributed by atoms with Gasteiger partial charge in [0.2, 0.25) is 12.3 Å². The fourth-order valence-electron chi connectivity index (χ4n) is 1.68. The van der Waals surface area contributed by atoms with Gasteiger partial charge in [0, 0.05) is 13.0 Å². The lowest BCUT2D eigenvalue weighted by atomic mass is 10.2. The Kier molecular flexibility index (Phi) is 4.24. The molecule has 2 N–H and O–H groups in total. The van der Waals surface area contributed by atoms with Crippen molar-refractivity contribution in [3.63, 3.8) is 0 Å². The lowest BCUT2D eigenvalue weighted by molar-refractivity contribution is -0.150. The molecule has 0 aromatic heterocycles. The average molecular weight is 230 g/mol. The normalized spacial score (nSPS) is 24.0. The van der Waals surface area contributed by atoms with Crippen LogP contribution in [-0.2, 0) is 19.1 Å². The lowest BCUT2D eigenvalue weighted by Gasteiger charge is -2.21. The number of rotatable bonds is 4. The molecule has 0 aromatic rings. The molecule has 1 heterocycles. The first-order chi connectivity index (χ1) is 7.60. The van der Waals surface area contributed by atoms with Crippen LogP contribution in [0.5, 0.6) is 0 Å². The number of carbonyl (C=O) groups excluding carboxylic acids is 3. The van der Waals surface area contributed by atoms with Crippen LogP contribution in [0.25, 0.3) is 0 Å². The van der Waals surface area contributed by atoms with Crippen LogP contribution in [-0.4, -0.2) is 60.6 Å². The van der Waals surface area contributed by atoms with Crippen LogP contribution in [0.2, 0.25) is 0 Å². The number of likely N-dealkylation sites (tertiary alicyclic amines) is 1. The molecule has 0 saturated carbocycles. The smallest absolute Gasteiger partial charge is 0.328 e. The Hall–Kier alpha value is -1.63. The number of ether oxygens (including phenoxy) is 1. The Morgan fingerprint density at radius 2 is 2.31 bits per heavy atom. The Balaban J connectivity index is 2.65. The largest absolute Gasteiger partial charge is 0.467 e. The van der Waals surface area contributed by atoms with Crippen molar-refractivity contribution in [3.8, 4) is 0 Å². The third-order valence-electron chi connectivity index (χ3n) is 2.41. The van der Waals surface area contributed by atoms with Crippen LogP contribution < -0.4 is 5.32 Å². The third kappa shape index (κ3) is 2.69. The van der Waals surface area contributed by atoms with Gasteiger partial charge < -0.3 is 20.1 Å². The molecule has 16 heavy (non-hydrogen) atoms. The predicted octanol–water partition coefficient (Wildman–Crippen LogP) is -2.13. The number of nitrogens with zero attached hydrogens (tertiary/aromatic N) is 1. The van der Waals surface area contributed by atoms with Crippen molar-refractivity contribution < 1.29 is 24.2 Å². The van der Waals surface area contributed by atoms with Crippen molar-refractivity contribution in [1.29, 1.82) is 0 Å². The highest BCUT2D eigenvalue weighted by Crippen LogP contribution is 2.18. The Morgan fingerprint density at radius 1 is 1.62 bits per heavy atom. The maximum absolute atomic E-state index is 11.6. The molecule has 2 amide bonds. The zero-order chi connectivity index (χ0) is 12.1. The van der Waals surface area contributed by atoms with E-state index in [1.54, 1.807) is 0 Å². The van der Waals surface area contributed by atoms with Gasteiger partial charge in [-0.2, -0.15) is 0 Å². The molecule has 0 spiro atoms. The average Bonchev–Trinajstić information content (AvgIpc) is 2.67. The van der Waals surface area contributed by atoms with Crippen LogP contribution in [0.3, 0.4) is 0 Å². The third-order valence-corrected chi connectivity index (χ3v) is 2.41. The van der Waals surface area contributed by atoms with Crippen molar-refractivity contribution in [2.75, 3.05) is 20.2 Å². The number of carbonyl (C=O) groups is 3. The Labute approximate surface area is 92.4 Å². The highest BCUT2D eigenvalue weighted by Gasteiger charge is 2.39. The summed E-state index contributed by atoms with van der Waals surface area (Å²) in [5, 5.41) is 11.6. The highest BCUT2D eigenvalue weighted by atomic mass is 16.5. The molecule has 0 radical (unpaired) electrons. The minimum absolute atomic E-state index is 0.0825. The van der Waals surface area contributed by atoms with Gasteiger partial charge in [-0.3, -0.25) is 9.59 Å². The monoisotopic (exact) mass is 230 g/mol. The van der Waals surface area contributed by atoms with E-state index in [2.05, 4.69) is 10.1 Å². The molecule has 0 aromatic carbocycles. The number of hydrogen-bond acceptors (Lipinski definition) is 5. The summed E-state index contributed by atoms with van der Waals surface area (Å²) in [5.41, 5.74) is 0. The fraction of sp³-hybridized carbons (Fsp3) is 0.667. The Morgan fingerprint density at radius 3 is 2.88 bits per heavy atom. The van der Waals surface area contributed by atoms with E-state index in [1.165, 1.54) is 12.0 Å². The molecule has 90 valence electrons. The molecule has 1 saturated heterocycles. The van der Waals surface area contributed by atoms with Crippen LogP contribution in [0, 0.1) is 0 Å². The molecule has 1 aliphatic rings. The van der Waals surface area contributed by atoms with Crippen LogP contribution in [0.1, 0.15) is 6.42 Å². The molecular formula is C9H14N2O5. The lowest BCUT2D eigenvalue weighted by Crippen LogP contribution is -2.44. The molecule has 0 aliphatic carbocycles. The van der Waals surface area contributed by atoms with E-state index in [1.807, 2.05) is 0 Å². The highest BCUT2D eigenvalue weighted by molar-refractivity contribution is 5.87. The van der Waals surface area contributed by atoms with Gasteiger partial charge >= 0.3 is 5.97 Å². The summed E-state index contributed by atoms with van der Waals surface area (Å²) in [4.78, 5) is 34.1. The van der Waals surface area contributed by atoms with E-state index in [9.17, 15) is 19.5 Å². The first-order valence-corrected chi connectivity index (χ1v) is 4.82. The molecule has 1 aliphatic heterocycles. The van der Waals surface area contributed by atoms with Crippen molar-refractivity contribution in [3.05, 3.63) is 0 Å². The summed E-state index contributed by atoms with van der Waals surface area (Å²) in [6.45, 7) is -0.108. The van der Waals surface area contributed by atoms with Crippen molar-refractivity contribution in [2.45, 2.75) is 18.6 Å². The number of aliphatic hydroxyl groups excluding tert-OH is 1. The van der Waals surface area contributed by atoms with Gasteiger partial charge in [-0.1, -0.05) is 0 Å². The second-order valence-corrected chi connectivity index (χ2v) is 3.47. The number of hydrogen-bond donors (Lipinski definition) is 2. The standard InChI is InChI=1S/C9H14N2O5/c1-16-9(15)7-2-6(13)4-11(7)8(14)3-10-5-12/h5-7,13H,2-4H2,1H3,(H,10,12). The van der Waals surface area contributed by atoms with Gasteiger partial charge in [-0.15, -0.1) is 0 Å². The maximum atomic E-state index is 11.6. The van der Waals surface area contributed by atoms with Crippen LogP contribution in [0.4, 0.5) is 0 Å². The summed E-state index contributed by atoms with van der Waals surface area (Å²) in [7, 11) is 1.22. The summed E-state index contributed by atoms with van der Waals surface area (Å²) in [6, 6.07) is -0.763. The van der Waals surface area contributed by atoms with Gasteiger partial charge in [0.1, 0.15) is 6.04 Å². The number of esters is 1. The number of nitrogens with one attached hydrogen (secondary N) is 1. The molecule has 2 atom stereocenters. The van der Waals surface area contributed by atoms with Crippen molar-refractivity contribution in [2.24, 2.45) is 0 Å². The van der Waals surface area contributed by atoms with E-state index in [0.717, 1.165) is 0 Å². The Bertz CT molecular complexity index is 294. The minimum Gasteiger partial charge on any atom is -0.467 e. The first kappa shape index (κ1) is 12.4. The number of methoxy groups -OCH3 is 1. The predicted molar refractivity (Wildman–Crippen MR) is 52.2 cm³/mol. The zero-order valence-corrected chi connectivity index (χ0v) is 8.88. The molecular weight excluding hydrogens is 216 g/mol. The zero-order valence-electron chi connectivity index (χ0n) is 8.88. The van der Waals surface area contributed by atoms with E-state index >= 15 is 0 Å². The number of β-amino-alcohol motifs (C(OH)–C–C–N with tert-alkyl or cyclic N) is 1. The number of aliphatic hydroxyl groups is 1. The second-order valence-electron chi connectivity index (χ2n) is 3.47. The maximum Gasteiger partial charge on any atom is 0.328 e. The number of amides is 2. The fourth-order valence-corrected chi connectivity index (χ4v) is 1.68.